The summed E-state index contributed by atoms with van der Waals surface area (Å²) in [6, 6.07) is 5.15. The van der Waals surface area contributed by atoms with Gasteiger partial charge in [0.1, 0.15) is 0 Å². The lowest BCUT2D eigenvalue weighted by atomic mass is 9.92. The zero-order valence-corrected chi connectivity index (χ0v) is 11.7. The first-order valence-electron chi connectivity index (χ1n) is 7.14. The Morgan fingerprint density at radius 3 is 2.78 bits per heavy atom. The van der Waals surface area contributed by atoms with Crippen molar-refractivity contribution in [2.45, 2.75) is 51.7 Å². The largest absolute Gasteiger partial charge is 0.313 e. The van der Waals surface area contributed by atoms with Gasteiger partial charge in [0.2, 0.25) is 0 Å². The molecule has 1 aliphatic rings. The molecule has 100 valence electrons. The molecule has 0 aliphatic heterocycles. The molecule has 3 heteroatoms. The van der Waals surface area contributed by atoms with Crippen LogP contribution in [0.2, 0.25) is 0 Å². The van der Waals surface area contributed by atoms with Crippen LogP contribution in [0.5, 0.6) is 0 Å². The van der Waals surface area contributed by atoms with Crippen molar-refractivity contribution in [3.8, 4) is 0 Å². The summed E-state index contributed by atoms with van der Waals surface area (Å²) in [6.45, 7) is 5.17. The fourth-order valence-electron chi connectivity index (χ4n) is 2.27. The molecule has 0 radical (unpaired) electrons. The van der Waals surface area contributed by atoms with Gasteiger partial charge in [-0.15, -0.1) is 0 Å². The first-order valence-corrected chi connectivity index (χ1v) is 7.14. The molecule has 1 saturated carbocycles. The average Bonchev–Trinajstić information content (AvgIpc) is 2.29. The van der Waals surface area contributed by atoms with Gasteiger partial charge in [-0.3, -0.25) is 9.88 Å². The predicted octanol–water partition coefficient (Wildman–Crippen LogP) is 2.57. The third kappa shape index (κ3) is 3.79. The van der Waals surface area contributed by atoms with E-state index in [0.717, 1.165) is 25.7 Å². The molecular formula is C15H25N3. The summed E-state index contributed by atoms with van der Waals surface area (Å²) in [5.41, 5.74) is 2.46. The molecule has 0 bridgehead atoms. The fourth-order valence-corrected chi connectivity index (χ4v) is 2.27. The minimum Gasteiger partial charge on any atom is -0.313 e. The van der Waals surface area contributed by atoms with Crippen molar-refractivity contribution >= 4 is 0 Å². The Labute approximate surface area is 111 Å². The number of pyridine rings is 1. The summed E-state index contributed by atoms with van der Waals surface area (Å²) in [7, 11) is 2.21. The monoisotopic (exact) mass is 247 g/mol. The van der Waals surface area contributed by atoms with Crippen molar-refractivity contribution in [2.75, 3.05) is 13.6 Å². The number of nitrogens with zero attached hydrogens (tertiary/aromatic N) is 2. The van der Waals surface area contributed by atoms with E-state index >= 15 is 0 Å². The standard InChI is InChI=1S/C15H25N3/c1-3-9-16-10-13-7-8-14(17-11-13)12-18(2)15-5-4-6-15/h7-8,11,15-16H,3-6,9-10,12H2,1-2H3. The lowest BCUT2D eigenvalue weighted by Crippen LogP contribution is -2.36. The molecule has 1 aromatic rings. The SMILES string of the molecule is CCCNCc1ccc(CN(C)C2CCC2)nc1. The molecule has 18 heavy (non-hydrogen) atoms. The zero-order chi connectivity index (χ0) is 12.8. The number of hydrogen-bond donors (Lipinski definition) is 1. The number of nitrogens with one attached hydrogen (secondary N) is 1. The Kier molecular flexibility index (Phi) is 5.14. The molecule has 0 atom stereocenters. The molecule has 1 aliphatic carbocycles. The van der Waals surface area contributed by atoms with Crippen LogP contribution in [0.25, 0.3) is 0 Å². The molecule has 1 heterocycles. The quantitative estimate of drug-likeness (QED) is 0.751. The van der Waals surface area contributed by atoms with Gasteiger partial charge in [-0.05, 0) is 44.5 Å². The van der Waals surface area contributed by atoms with Crippen LogP contribution in [0.4, 0.5) is 0 Å². The first-order chi connectivity index (χ1) is 8.79. The number of rotatable bonds is 7. The van der Waals surface area contributed by atoms with E-state index < -0.39 is 0 Å². The van der Waals surface area contributed by atoms with E-state index in [4.69, 9.17) is 0 Å². The lowest BCUT2D eigenvalue weighted by Gasteiger charge is -2.34. The van der Waals surface area contributed by atoms with Crippen molar-refractivity contribution in [1.82, 2.24) is 15.2 Å². The summed E-state index contributed by atoms with van der Waals surface area (Å²) in [4.78, 5) is 6.99. The lowest BCUT2D eigenvalue weighted by molar-refractivity contribution is 0.151. The zero-order valence-electron chi connectivity index (χ0n) is 11.7. The van der Waals surface area contributed by atoms with E-state index in [1.165, 1.54) is 36.9 Å². The van der Waals surface area contributed by atoms with Gasteiger partial charge in [-0.1, -0.05) is 19.4 Å². The highest BCUT2D eigenvalue weighted by Crippen LogP contribution is 2.24. The predicted molar refractivity (Wildman–Crippen MR) is 75.3 cm³/mol. The minimum atomic E-state index is 0.790. The van der Waals surface area contributed by atoms with E-state index in [1.54, 1.807) is 0 Å². The van der Waals surface area contributed by atoms with Crippen LogP contribution >= 0.6 is 0 Å². The van der Waals surface area contributed by atoms with Crippen LogP contribution in [-0.2, 0) is 13.1 Å². The smallest absolute Gasteiger partial charge is 0.0544 e. The summed E-state index contributed by atoms with van der Waals surface area (Å²) in [6.07, 6.45) is 7.29. The van der Waals surface area contributed by atoms with E-state index in [1.807, 2.05) is 6.20 Å². The first kappa shape index (κ1) is 13.5. The van der Waals surface area contributed by atoms with Gasteiger partial charge in [0.05, 0.1) is 5.69 Å². The van der Waals surface area contributed by atoms with Gasteiger partial charge in [0.15, 0.2) is 0 Å². The topological polar surface area (TPSA) is 28.2 Å². The second-order valence-electron chi connectivity index (χ2n) is 5.33. The van der Waals surface area contributed by atoms with Crippen LogP contribution in [-0.4, -0.2) is 29.5 Å². The Hall–Kier alpha value is -0.930. The van der Waals surface area contributed by atoms with Crippen molar-refractivity contribution in [3.05, 3.63) is 29.6 Å². The molecule has 1 aromatic heterocycles. The molecule has 0 unspecified atom stereocenters. The molecule has 3 nitrogen and oxygen atoms in total. The average molecular weight is 247 g/mol. The molecule has 0 amide bonds. The molecule has 0 saturated heterocycles. The van der Waals surface area contributed by atoms with Crippen LogP contribution in [0, 0.1) is 0 Å². The maximum absolute atomic E-state index is 4.56. The maximum atomic E-state index is 4.56. The second-order valence-corrected chi connectivity index (χ2v) is 5.33. The van der Waals surface area contributed by atoms with Crippen molar-refractivity contribution in [1.29, 1.82) is 0 Å². The van der Waals surface area contributed by atoms with Crippen molar-refractivity contribution in [2.24, 2.45) is 0 Å². The van der Waals surface area contributed by atoms with Gasteiger partial charge in [-0.2, -0.15) is 0 Å². The van der Waals surface area contributed by atoms with E-state index in [0.29, 0.717) is 0 Å². The number of hydrogen-bond acceptors (Lipinski definition) is 3. The van der Waals surface area contributed by atoms with Gasteiger partial charge in [-0.25, -0.2) is 0 Å². The molecule has 1 fully saturated rings. The number of aromatic nitrogens is 1. The fraction of sp³-hybridized carbons (Fsp3) is 0.667. The van der Waals surface area contributed by atoms with E-state index in [-0.39, 0.29) is 0 Å². The van der Waals surface area contributed by atoms with Gasteiger partial charge >= 0.3 is 0 Å². The van der Waals surface area contributed by atoms with Crippen LogP contribution in [0.15, 0.2) is 18.3 Å². The summed E-state index contributed by atoms with van der Waals surface area (Å²) in [5, 5.41) is 3.40. The third-order valence-electron chi connectivity index (χ3n) is 3.75. The summed E-state index contributed by atoms with van der Waals surface area (Å²) in [5.74, 6) is 0. The Morgan fingerprint density at radius 1 is 1.39 bits per heavy atom. The minimum absolute atomic E-state index is 0.790. The van der Waals surface area contributed by atoms with Gasteiger partial charge in [0.25, 0.3) is 0 Å². The Bertz CT molecular complexity index is 343. The molecule has 0 spiro atoms. The van der Waals surface area contributed by atoms with Crippen molar-refractivity contribution in [3.63, 3.8) is 0 Å². The molecule has 2 rings (SSSR count). The van der Waals surface area contributed by atoms with Crippen LogP contribution < -0.4 is 5.32 Å². The van der Waals surface area contributed by atoms with Gasteiger partial charge < -0.3 is 5.32 Å². The Morgan fingerprint density at radius 2 is 2.22 bits per heavy atom. The van der Waals surface area contributed by atoms with E-state index in [2.05, 4.69) is 41.3 Å². The van der Waals surface area contributed by atoms with Crippen LogP contribution in [0.1, 0.15) is 43.9 Å². The van der Waals surface area contributed by atoms with Crippen LogP contribution in [0.3, 0.4) is 0 Å². The third-order valence-corrected chi connectivity index (χ3v) is 3.75. The highest BCUT2D eigenvalue weighted by atomic mass is 15.1. The van der Waals surface area contributed by atoms with Gasteiger partial charge in [0, 0.05) is 25.3 Å². The maximum Gasteiger partial charge on any atom is 0.0544 e. The second kappa shape index (κ2) is 6.86. The highest BCUT2D eigenvalue weighted by Gasteiger charge is 2.21. The molecule has 1 N–H and O–H groups in total. The van der Waals surface area contributed by atoms with Crippen molar-refractivity contribution < 1.29 is 0 Å². The summed E-state index contributed by atoms with van der Waals surface area (Å²) >= 11 is 0. The normalized spacial score (nSPS) is 15.9. The Balaban J connectivity index is 1.79. The molecular weight excluding hydrogens is 222 g/mol. The van der Waals surface area contributed by atoms with E-state index in [9.17, 15) is 0 Å². The molecule has 0 aromatic carbocycles. The summed E-state index contributed by atoms with van der Waals surface area (Å²) < 4.78 is 0. The highest BCUT2D eigenvalue weighted by molar-refractivity contribution is 5.14.